The zero-order chi connectivity index (χ0) is 70.3. The van der Waals surface area contributed by atoms with E-state index in [2.05, 4.69) is 47.6 Å². The van der Waals surface area contributed by atoms with Gasteiger partial charge < -0.3 is 129 Å². The van der Waals surface area contributed by atoms with Gasteiger partial charge in [0.05, 0.1) is 94.6 Å². The summed E-state index contributed by atoms with van der Waals surface area (Å²) in [4.78, 5) is 0. The molecule has 26 heteroatoms. The van der Waals surface area contributed by atoms with Crippen LogP contribution in [-0.4, -0.2) is 296 Å². The smallest absolute Gasteiger partial charge is 0.195 e. The summed E-state index contributed by atoms with van der Waals surface area (Å²) < 4.78 is 56.0. The van der Waals surface area contributed by atoms with E-state index in [9.17, 15) is 86.8 Å². The van der Waals surface area contributed by atoms with Crippen molar-refractivity contribution in [2.24, 2.45) is 57.7 Å². The maximum Gasteiger partial charge on any atom is 0.195 e. The molecule has 4 aliphatic heterocycles. The Hall–Kier alpha value is -1.30. The van der Waals surface area contributed by atoms with Crippen LogP contribution >= 0.6 is 0 Å². The Morgan fingerprint density at radius 3 is 1.73 bits per heavy atom. The zero-order valence-electron chi connectivity index (χ0n) is 58.0. The maximum atomic E-state index is 12.6. The Kier molecular flexibility index (Phi) is 24.4. The Labute approximate surface area is 554 Å². The van der Waals surface area contributed by atoms with Gasteiger partial charge >= 0.3 is 0 Å². The third-order valence-corrected chi connectivity index (χ3v) is 24.8. The number of ether oxygens (including phenoxy) is 9. The van der Waals surface area contributed by atoms with Crippen molar-refractivity contribution in [1.82, 2.24) is 0 Å². The molecule has 0 spiro atoms. The van der Waals surface area contributed by atoms with Gasteiger partial charge in [-0.2, -0.15) is 0 Å². The average molecular weight is 1350 g/mol. The molecule has 0 aromatic carbocycles. The minimum absolute atomic E-state index is 0.0542. The van der Waals surface area contributed by atoms with E-state index in [0.29, 0.717) is 25.7 Å². The van der Waals surface area contributed by atoms with Crippen molar-refractivity contribution in [2.45, 2.75) is 311 Å². The van der Waals surface area contributed by atoms with Gasteiger partial charge in [-0.1, -0.05) is 60.1 Å². The standard InChI is InChI=1S/C68H120O26/c1-31(16-20-45(62(8,9)85)89-30-66(13)60(94-68(15)59(84)52(77)47(72)35(5)91-68)55(80)50(75)42(93-66)26-87-28-64(11)57(82)51(76)46(71)34(4)90-64)32(2)37-22-43(70)67(14)38(33(37)3)17-18-39-40(67)19-21-44(61(39,6)7)88-27-63(10)23-36(48(73)53(78)56(63)81)25-86-29-65(12)58(83)54(79)49(74)41(24-69)92-65/h18,31-38,40-60,69-85H,16-17,19-30H2,1-15H3/t31?,32?,33?,34?,35?,36?,37?,38?,40?,41?,42?,43?,44?,45?,46-,47-,48+,49+,50-,51?,52?,53?,54?,55?,56?,57?,58?,59?,60?,63-,64+,65-,66+,67?,68+/m0/s1. The highest BCUT2D eigenvalue weighted by Crippen LogP contribution is 2.64. The molecular formula is C68H120O26. The largest absolute Gasteiger partial charge is 0.394 e. The normalized spacial score (nSPS) is 51.0. The van der Waals surface area contributed by atoms with Crippen LogP contribution in [0.1, 0.15) is 149 Å². The number of rotatable bonds is 23. The molecule has 4 heterocycles. The fourth-order valence-corrected chi connectivity index (χ4v) is 18.0. The molecule has 26 nitrogen and oxygen atoms in total. The molecule has 0 radical (unpaired) electrons. The quantitative estimate of drug-likeness (QED) is 0.0551. The van der Waals surface area contributed by atoms with Crippen molar-refractivity contribution >= 4 is 0 Å². The predicted molar refractivity (Wildman–Crippen MR) is 336 cm³/mol. The van der Waals surface area contributed by atoms with Crippen LogP contribution in [-0.2, 0) is 42.6 Å². The highest BCUT2D eigenvalue weighted by atomic mass is 16.7. The van der Waals surface area contributed by atoms with Crippen LogP contribution in [0.3, 0.4) is 0 Å². The van der Waals surface area contributed by atoms with Gasteiger partial charge in [-0.3, -0.25) is 0 Å². The van der Waals surface area contributed by atoms with Crippen LogP contribution in [0.15, 0.2) is 11.6 Å². The third-order valence-electron chi connectivity index (χ3n) is 24.8. The molecule has 4 saturated heterocycles. The van der Waals surface area contributed by atoms with Crippen LogP contribution in [0.5, 0.6) is 0 Å². The first-order valence-electron chi connectivity index (χ1n) is 34.4. The second-order valence-electron chi connectivity index (χ2n) is 32.6. The summed E-state index contributed by atoms with van der Waals surface area (Å²) in [7, 11) is 0. The van der Waals surface area contributed by atoms with Crippen LogP contribution in [0, 0.1) is 57.7 Å². The number of allylic oxidation sites excluding steroid dienone is 1. The maximum absolute atomic E-state index is 12.6. The molecule has 4 aliphatic carbocycles. The van der Waals surface area contributed by atoms with Crippen molar-refractivity contribution in [2.75, 3.05) is 46.2 Å². The summed E-state index contributed by atoms with van der Waals surface area (Å²) in [6.07, 6.45) is -23.3. The molecule has 0 aromatic rings. The Bertz CT molecular complexity index is 2510. The summed E-state index contributed by atoms with van der Waals surface area (Å²) in [6.45, 7) is 25.2. The Morgan fingerprint density at radius 1 is 0.585 bits per heavy atom. The summed E-state index contributed by atoms with van der Waals surface area (Å²) in [5.74, 6) is -2.02. The van der Waals surface area contributed by atoms with Gasteiger partial charge in [0.15, 0.2) is 5.79 Å². The minimum Gasteiger partial charge on any atom is -0.394 e. The van der Waals surface area contributed by atoms with Gasteiger partial charge in [0.2, 0.25) is 0 Å². The lowest BCUT2D eigenvalue weighted by molar-refractivity contribution is -0.398. The van der Waals surface area contributed by atoms with Gasteiger partial charge in [0.25, 0.3) is 0 Å². The fourth-order valence-electron chi connectivity index (χ4n) is 18.0. The second kappa shape index (κ2) is 29.2. The average Bonchev–Trinajstić information content (AvgIpc) is 0.709. The number of aliphatic hydroxyl groups is 17. The Balaban J connectivity index is 0.908. The SMILES string of the molecule is CC(CCC(OC[C@@]1(C)OC(COC[C@@]2(C)OC(C)[C@H](O)C(O)C2O)[C@H](O)C(O)C1O[C@@]1(C)OC(C)[C@H](O)C(O)C1O)C(C)(C)O)C(C)C1CC(O)C2(C)C3CCC(OC[C@]4(C)CC(COC[C@]5(C)OC(CO)[C@@H](O)C(O)C5O)[C@@H](O)C(O)C4O)C(C)(C)C3=CCC2C1C. The van der Waals surface area contributed by atoms with Crippen molar-refractivity contribution in [1.29, 1.82) is 0 Å². The highest BCUT2D eigenvalue weighted by Gasteiger charge is 2.63. The van der Waals surface area contributed by atoms with Gasteiger partial charge in [0, 0.05) is 22.2 Å². The predicted octanol–water partition coefficient (Wildman–Crippen LogP) is -0.897. The topological polar surface area (TPSA) is 427 Å². The Morgan fingerprint density at radius 2 is 1.13 bits per heavy atom. The van der Waals surface area contributed by atoms with E-state index < -0.39 is 185 Å². The van der Waals surface area contributed by atoms with Gasteiger partial charge in [-0.15, -0.1) is 0 Å². The lowest BCUT2D eigenvalue weighted by Crippen LogP contribution is -2.71. The number of fused-ring (bicyclic) bond motifs is 3. The summed E-state index contributed by atoms with van der Waals surface area (Å²) in [6, 6.07) is 0. The molecule has 0 aromatic heterocycles. The first-order valence-corrected chi connectivity index (χ1v) is 34.4. The van der Waals surface area contributed by atoms with Crippen molar-refractivity contribution in [3.63, 3.8) is 0 Å². The lowest BCUT2D eigenvalue weighted by Gasteiger charge is -2.62. The molecule has 0 amide bonds. The molecule has 7 fully saturated rings. The highest BCUT2D eigenvalue weighted by molar-refractivity contribution is 5.29. The van der Waals surface area contributed by atoms with Crippen LogP contribution in [0.4, 0.5) is 0 Å². The van der Waals surface area contributed by atoms with E-state index in [-0.39, 0.29) is 87.7 Å². The summed E-state index contributed by atoms with van der Waals surface area (Å²) in [5, 5.41) is 188. The molecule has 8 rings (SSSR count). The zero-order valence-corrected chi connectivity index (χ0v) is 58.0. The molecule has 35 atom stereocenters. The first-order chi connectivity index (χ1) is 43.4. The van der Waals surface area contributed by atoms with E-state index in [4.69, 9.17) is 42.6 Å². The van der Waals surface area contributed by atoms with E-state index >= 15 is 0 Å². The fraction of sp³-hybridized carbons (Fsp3) is 0.971. The molecular weight excluding hydrogens is 1230 g/mol. The molecule has 3 saturated carbocycles. The first kappa shape index (κ1) is 78.4. The van der Waals surface area contributed by atoms with Gasteiger partial charge in [-0.25, -0.2) is 0 Å². The summed E-state index contributed by atoms with van der Waals surface area (Å²) in [5.41, 5.74) is -6.91. The van der Waals surface area contributed by atoms with Crippen molar-refractivity contribution in [3.8, 4) is 0 Å². The molecule has 8 aliphatic rings. The van der Waals surface area contributed by atoms with E-state index in [1.807, 2.05) is 6.92 Å². The number of aliphatic hydroxyl groups excluding tert-OH is 16. The van der Waals surface area contributed by atoms with E-state index in [0.717, 1.165) is 12.8 Å². The molecule has 94 heavy (non-hydrogen) atoms. The van der Waals surface area contributed by atoms with Gasteiger partial charge in [-0.05, 0) is 136 Å². The third kappa shape index (κ3) is 14.8. The molecule has 17 N–H and O–H groups in total. The monoisotopic (exact) mass is 1350 g/mol. The lowest BCUT2D eigenvalue weighted by atomic mass is 9.44. The second-order valence-corrected chi connectivity index (χ2v) is 32.6. The van der Waals surface area contributed by atoms with Gasteiger partial charge in [0.1, 0.15) is 108 Å². The minimum atomic E-state index is -2.06. The van der Waals surface area contributed by atoms with Crippen molar-refractivity contribution in [3.05, 3.63) is 11.6 Å². The molecule has 0 bridgehead atoms. The summed E-state index contributed by atoms with van der Waals surface area (Å²) >= 11 is 0. The molecule has 25 unspecified atom stereocenters. The number of hydrogen-bond donors (Lipinski definition) is 17. The van der Waals surface area contributed by atoms with Crippen molar-refractivity contribution < 1.29 is 129 Å². The van der Waals surface area contributed by atoms with Crippen LogP contribution < -0.4 is 0 Å². The van der Waals surface area contributed by atoms with E-state index in [1.54, 1.807) is 20.8 Å². The van der Waals surface area contributed by atoms with E-state index in [1.165, 1.54) is 40.2 Å². The van der Waals surface area contributed by atoms with Crippen LogP contribution in [0.2, 0.25) is 0 Å². The molecule has 548 valence electrons. The number of hydrogen-bond acceptors (Lipinski definition) is 26. The van der Waals surface area contributed by atoms with Crippen LogP contribution in [0.25, 0.3) is 0 Å².